The average Bonchev–Trinajstić information content (AvgIpc) is 2.82. The summed E-state index contributed by atoms with van der Waals surface area (Å²) in [6.07, 6.45) is 3.93. The first-order valence-corrected chi connectivity index (χ1v) is 13.5. The minimum atomic E-state index is -3.65. The molecule has 0 spiro atoms. The van der Waals surface area contributed by atoms with E-state index in [1.165, 1.54) is 17.8 Å². The van der Waals surface area contributed by atoms with Gasteiger partial charge in [-0.2, -0.15) is 0 Å². The Hall–Kier alpha value is -3.00. The molecule has 5 nitrogen and oxygen atoms in total. The molecule has 2 N–H and O–H groups in total. The lowest BCUT2D eigenvalue weighted by atomic mass is 10.00. The number of aryl methyl sites for hydroxylation is 1. The van der Waals surface area contributed by atoms with Crippen molar-refractivity contribution in [3.8, 4) is 0 Å². The molecule has 3 aromatic carbocycles. The van der Waals surface area contributed by atoms with E-state index in [4.69, 9.17) is 11.6 Å². The lowest BCUT2D eigenvalue weighted by Gasteiger charge is -2.22. The number of allylic oxidation sites excluding steroid dienone is 2. The van der Waals surface area contributed by atoms with E-state index >= 15 is 0 Å². The maximum atomic E-state index is 13.1. The number of carbonyl (C=O) groups excluding carboxylic acids is 1. The zero-order chi connectivity index (χ0) is 23.9. The fraction of sp³-hybridized carbons (Fsp3) is 0.115. The summed E-state index contributed by atoms with van der Waals surface area (Å²) in [6, 6.07) is 18.1. The number of hydrogen-bond acceptors (Lipinski definition) is 5. The van der Waals surface area contributed by atoms with Gasteiger partial charge < -0.3 is 10.6 Å². The summed E-state index contributed by atoms with van der Waals surface area (Å²) in [6.45, 7) is 2.52. The summed E-state index contributed by atoms with van der Waals surface area (Å²) in [5.74, 6) is -0.462. The molecular formula is C26H21ClN2O3S2. The maximum absolute atomic E-state index is 13.1. The molecule has 3 aromatic rings. The Morgan fingerprint density at radius 1 is 1.06 bits per heavy atom. The molecule has 0 saturated heterocycles. The molecule has 0 bridgehead atoms. The molecule has 172 valence electrons. The molecule has 34 heavy (non-hydrogen) atoms. The predicted octanol–water partition coefficient (Wildman–Crippen LogP) is 6.06. The number of nitrogens with one attached hydrogen (secondary N) is 2. The van der Waals surface area contributed by atoms with E-state index in [1.54, 1.807) is 24.3 Å². The first-order chi connectivity index (χ1) is 16.3. The Kier molecular flexibility index (Phi) is 6.02. The molecular weight excluding hydrogens is 488 g/mol. The molecule has 0 saturated carbocycles. The Morgan fingerprint density at radius 3 is 2.71 bits per heavy atom. The number of hydrogen-bond donors (Lipinski definition) is 2. The second-order valence-corrected chi connectivity index (χ2v) is 11.6. The number of benzene rings is 3. The quantitative estimate of drug-likeness (QED) is 0.419. The molecule has 2 aliphatic rings. The van der Waals surface area contributed by atoms with Crippen molar-refractivity contribution in [2.45, 2.75) is 22.5 Å². The summed E-state index contributed by atoms with van der Waals surface area (Å²) >= 11 is 7.58. The highest BCUT2D eigenvalue weighted by molar-refractivity contribution is 8.04. The number of amides is 1. The van der Waals surface area contributed by atoms with Gasteiger partial charge in [-0.05, 0) is 60.0 Å². The summed E-state index contributed by atoms with van der Waals surface area (Å²) in [5.41, 5.74) is 4.94. The highest BCUT2D eigenvalue weighted by Gasteiger charge is 2.25. The van der Waals surface area contributed by atoms with Crippen LogP contribution < -0.4 is 10.6 Å². The number of anilines is 2. The minimum absolute atomic E-state index is 0.147. The Morgan fingerprint density at radius 2 is 1.88 bits per heavy atom. The van der Waals surface area contributed by atoms with Crippen molar-refractivity contribution < 1.29 is 13.2 Å². The van der Waals surface area contributed by atoms with Crippen molar-refractivity contribution in [3.05, 3.63) is 99.4 Å². The van der Waals surface area contributed by atoms with Gasteiger partial charge in [-0.3, -0.25) is 4.79 Å². The lowest BCUT2D eigenvalue weighted by molar-refractivity contribution is -0.112. The maximum Gasteiger partial charge on any atom is 0.262 e. The topological polar surface area (TPSA) is 75.3 Å². The molecule has 0 radical (unpaired) electrons. The van der Waals surface area contributed by atoms with Crippen LogP contribution in [0.5, 0.6) is 0 Å². The van der Waals surface area contributed by atoms with E-state index in [0.29, 0.717) is 27.7 Å². The van der Waals surface area contributed by atoms with Crippen LogP contribution in [0, 0.1) is 6.92 Å². The number of halogens is 1. The van der Waals surface area contributed by atoms with Crippen LogP contribution in [-0.2, 0) is 20.4 Å². The molecule has 5 rings (SSSR count). The van der Waals surface area contributed by atoms with Gasteiger partial charge in [0.25, 0.3) is 5.91 Å². The summed E-state index contributed by atoms with van der Waals surface area (Å²) < 4.78 is 26.2. The normalized spacial score (nSPS) is 16.2. The number of sulfone groups is 1. The van der Waals surface area contributed by atoms with Gasteiger partial charge in [0.15, 0.2) is 9.84 Å². The highest BCUT2D eigenvalue weighted by Crippen LogP contribution is 2.41. The third-order valence-electron chi connectivity index (χ3n) is 5.83. The van der Waals surface area contributed by atoms with Crippen LogP contribution in [0.4, 0.5) is 11.4 Å². The molecule has 8 heteroatoms. The third kappa shape index (κ3) is 4.39. The Balaban J connectivity index is 1.43. The van der Waals surface area contributed by atoms with Gasteiger partial charge in [0.1, 0.15) is 0 Å². The first-order valence-electron chi connectivity index (χ1n) is 10.7. The summed E-state index contributed by atoms with van der Waals surface area (Å²) in [5, 5.41) is 6.61. The second-order valence-electron chi connectivity index (χ2n) is 8.10. The highest BCUT2D eigenvalue weighted by atomic mass is 35.5. The van der Waals surface area contributed by atoms with Crippen molar-refractivity contribution in [2.75, 3.05) is 17.2 Å². The monoisotopic (exact) mass is 508 g/mol. The van der Waals surface area contributed by atoms with E-state index in [1.807, 2.05) is 49.4 Å². The standard InChI is InChI=1S/C26H21ClN2O3S2/c1-16-5-4-7-21(27)20(16)15-34(31,32)18-9-10-24-23(14-18)29-26(30)25(33-24)13-17-11-12-28-22-8-3-2-6-19(17)22/h2-11,13-14,28H,12,15H2,1H3,(H,29,30)/b25-13-. The van der Waals surface area contributed by atoms with Crippen LogP contribution >= 0.6 is 23.4 Å². The SMILES string of the molecule is Cc1cccc(Cl)c1CS(=O)(=O)c1ccc2c(c1)NC(=O)/C(=C/C1=CCNc3ccccc31)S2. The molecule has 2 aliphatic heterocycles. The smallest absolute Gasteiger partial charge is 0.262 e. The van der Waals surface area contributed by atoms with Crippen LogP contribution in [0.2, 0.25) is 5.02 Å². The first kappa shape index (κ1) is 22.8. The number of rotatable bonds is 4. The summed E-state index contributed by atoms with van der Waals surface area (Å²) in [4.78, 5) is 14.4. The van der Waals surface area contributed by atoms with Crippen molar-refractivity contribution in [1.82, 2.24) is 0 Å². The van der Waals surface area contributed by atoms with Gasteiger partial charge in [-0.15, -0.1) is 0 Å². The largest absolute Gasteiger partial charge is 0.381 e. The van der Waals surface area contributed by atoms with Crippen LogP contribution in [0.25, 0.3) is 5.57 Å². The van der Waals surface area contributed by atoms with Crippen molar-refractivity contribution in [1.29, 1.82) is 0 Å². The van der Waals surface area contributed by atoms with E-state index in [2.05, 4.69) is 10.6 Å². The molecule has 2 heterocycles. The van der Waals surface area contributed by atoms with E-state index in [9.17, 15) is 13.2 Å². The minimum Gasteiger partial charge on any atom is -0.381 e. The summed E-state index contributed by atoms with van der Waals surface area (Å²) in [7, 11) is -3.65. The van der Waals surface area contributed by atoms with Gasteiger partial charge in [0.05, 0.1) is 21.2 Å². The van der Waals surface area contributed by atoms with Crippen LogP contribution in [0.3, 0.4) is 0 Å². The number of carbonyl (C=O) groups is 1. The zero-order valence-electron chi connectivity index (χ0n) is 18.3. The molecule has 0 aromatic heterocycles. The Labute approximate surface area is 207 Å². The molecule has 0 aliphatic carbocycles. The second kappa shape index (κ2) is 8.98. The van der Waals surface area contributed by atoms with Gasteiger partial charge in [-0.25, -0.2) is 8.42 Å². The number of thioether (sulfide) groups is 1. The van der Waals surface area contributed by atoms with Crippen LogP contribution in [-0.4, -0.2) is 20.9 Å². The lowest BCUT2D eigenvalue weighted by Crippen LogP contribution is -2.18. The zero-order valence-corrected chi connectivity index (χ0v) is 20.7. The van der Waals surface area contributed by atoms with Crippen LogP contribution in [0.15, 0.2) is 87.5 Å². The van der Waals surface area contributed by atoms with E-state index in [0.717, 1.165) is 27.3 Å². The fourth-order valence-electron chi connectivity index (χ4n) is 4.00. The Bertz CT molecular complexity index is 1470. The average molecular weight is 509 g/mol. The van der Waals surface area contributed by atoms with Gasteiger partial charge >= 0.3 is 0 Å². The van der Waals surface area contributed by atoms with Gasteiger partial charge in [-0.1, -0.05) is 59.8 Å². The van der Waals surface area contributed by atoms with Crippen LogP contribution in [0.1, 0.15) is 16.7 Å². The van der Waals surface area contributed by atoms with Crippen molar-refractivity contribution >= 4 is 56.1 Å². The molecule has 1 amide bonds. The number of fused-ring (bicyclic) bond motifs is 2. The van der Waals surface area contributed by atoms with Crippen molar-refractivity contribution in [3.63, 3.8) is 0 Å². The third-order valence-corrected chi connectivity index (χ3v) is 8.92. The van der Waals surface area contributed by atoms with E-state index < -0.39 is 9.84 Å². The van der Waals surface area contributed by atoms with E-state index in [-0.39, 0.29) is 16.6 Å². The molecule has 0 fully saturated rings. The van der Waals surface area contributed by atoms with Gasteiger partial charge in [0.2, 0.25) is 0 Å². The predicted molar refractivity (Wildman–Crippen MR) is 139 cm³/mol. The fourth-order valence-corrected chi connectivity index (χ4v) is 6.80. The molecule has 0 atom stereocenters. The van der Waals surface area contributed by atoms with Crippen molar-refractivity contribution in [2.24, 2.45) is 0 Å². The molecule has 0 unspecified atom stereocenters. The van der Waals surface area contributed by atoms with Gasteiger partial charge in [0, 0.05) is 27.7 Å². The number of para-hydroxylation sites is 1.